The number of anilines is 1. The van der Waals surface area contributed by atoms with Crippen LogP contribution in [0.15, 0.2) is 34.5 Å². The minimum atomic E-state index is -1.46. The molecule has 0 spiro atoms. The van der Waals surface area contributed by atoms with Gasteiger partial charge in [0.25, 0.3) is 5.91 Å². The van der Waals surface area contributed by atoms with Crippen LogP contribution in [0.2, 0.25) is 10.0 Å². The van der Waals surface area contributed by atoms with E-state index in [2.05, 4.69) is 15.5 Å². The van der Waals surface area contributed by atoms with Gasteiger partial charge in [-0.3, -0.25) is 9.59 Å². The molecule has 0 aliphatic carbocycles. The van der Waals surface area contributed by atoms with Crippen LogP contribution in [0, 0.1) is 0 Å². The molecule has 0 saturated heterocycles. The number of rotatable bonds is 11. The zero-order valence-electron chi connectivity index (χ0n) is 18.9. The van der Waals surface area contributed by atoms with Gasteiger partial charge in [0.1, 0.15) is 16.4 Å². The number of carbonyl (C=O) groups is 2. The van der Waals surface area contributed by atoms with Crippen LogP contribution in [0.4, 0.5) is 11.4 Å². The fourth-order valence-electron chi connectivity index (χ4n) is 2.80. The molecule has 0 fully saturated rings. The summed E-state index contributed by atoms with van der Waals surface area (Å²) in [4.78, 5) is 25.0. The second kappa shape index (κ2) is 12.3. The summed E-state index contributed by atoms with van der Waals surface area (Å²) >= 11 is 12.6. The monoisotopic (exact) mass is 497 g/mol. The van der Waals surface area contributed by atoms with Crippen molar-refractivity contribution in [3.05, 3.63) is 34.3 Å². The predicted molar refractivity (Wildman–Crippen MR) is 126 cm³/mol. The number of azo groups is 1. The second-order valence-corrected chi connectivity index (χ2v) is 7.25. The molecule has 0 aliphatic rings. The minimum absolute atomic E-state index is 0.141. The number of nitrogens with one attached hydrogen (secondary N) is 1. The molecular formula is C22H25Cl2N3O6. The molecule has 0 aliphatic heterocycles. The van der Waals surface area contributed by atoms with Gasteiger partial charge in [0.15, 0.2) is 28.8 Å². The molecule has 9 nitrogen and oxygen atoms in total. The van der Waals surface area contributed by atoms with E-state index in [9.17, 15) is 9.59 Å². The van der Waals surface area contributed by atoms with E-state index in [4.69, 9.17) is 42.1 Å². The van der Waals surface area contributed by atoms with Gasteiger partial charge in [0.05, 0.1) is 32.5 Å². The summed E-state index contributed by atoms with van der Waals surface area (Å²) in [6.45, 7) is 5.62. The summed E-state index contributed by atoms with van der Waals surface area (Å²) < 4.78 is 21.6. The molecule has 1 N–H and O–H groups in total. The molecule has 1 unspecified atom stereocenters. The first kappa shape index (κ1) is 26.2. The van der Waals surface area contributed by atoms with Crippen molar-refractivity contribution in [2.75, 3.05) is 32.8 Å². The highest BCUT2D eigenvalue weighted by Gasteiger charge is 2.26. The van der Waals surface area contributed by atoms with Crippen molar-refractivity contribution < 1.29 is 28.5 Å². The Morgan fingerprint density at radius 1 is 0.970 bits per heavy atom. The van der Waals surface area contributed by atoms with Gasteiger partial charge in [-0.25, -0.2) is 0 Å². The standard InChI is InChI=1S/C22H25Cl2N3O6/c1-6-32-16-11-9-14(17(24)20(16)33-7-2)26-27-18(12(3)28)22(29)25-19-13(23)8-10-15(30-4)21(19)31-5/h8-11,18H,6-7H2,1-5H3,(H,25,29). The summed E-state index contributed by atoms with van der Waals surface area (Å²) in [5.74, 6) is 0.00237. The molecule has 2 aromatic carbocycles. The molecule has 0 heterocycles. The number of hydrogen-bond acceptors (Lipinski definition) is 8. The van der Waals surface area contributed by atoms with Gasteiger partial charge in [0.2, 0.25) is 6.04 Å². The average molecular weight is 498 g/mol. The number of hydrogen-bond donors (Lipinski definition) is 1. The van der Waals surface area contributed by atoms with E-state index in [1.165, 1.54) is 27.2 Å². The van der Waals surface area contributed by atoms with Crippen molar-refractivity contribution in [1.82, 2.24) is 0 Å². The lowest BCUT2D eigenvalue weighted by Gasteiger charge is -2.16. The molecule has 2 aromatic rings. The summed E-state index contributed by atoms with van der Waals surface area (Å²) in [5.41, 5.74) is 0.349. The number of methoxy groups -OCH3 is 2. The highest BCUT2D eigenvalue weighted by Crippen LogP contribution is 2.42. The Hall–Kier alpha value is -3.04. The molecular weight excluding hydrogens is 473 g/mol. The summed E-state index contributed by atoms with van der Waals surface area (Å²) in [6, 6.07) is 4.82. The SMILES string of the molecule is CCOc1ccc(N=NC(C(C)=O)C(=O)Nc2c(Cl)ccc(OC)c2OC)c(Cl)c1OCC. The molecule has 33 heavy (non-hydrogen) atoms. The largest absolute Gasteiger partial charge is 0.493 e. The first-order valence-electron chi connectivity index (χ1n) is 9.99. The molecule has 1 atom stereocenters. The Labute approximate surface area is 202 Å². The topological polar surface area (TPSA) is 108 Å². The van der Waals surface area contributed by atoms with E-state index in [1.54, 1.807) is 25.1 Å². The van der Waals surface area contributed by atoms with E-state index in [0.29, 0.717) is 30.5 Å². The maximum absolute atomic E-state index is 12.9. The van der Waals surface area contributed by atoms with Crippen LogP contribution in [-0.4, -0.2) is 45.2 Å². The number of carbonyl (C=O) groups excluding carboxylic acids is 2. The van der Waals surface area contributed by atoms with Gasteiger partial charge in [-0.2, -0.15) is 10.2 Å². The molecule has 0 radical (unpaired) electrons. The highest BCUT2D eigenvalue weighted by molar-refractivity contribution is 6.35. The number of amides is 1. The van der Waals surface area contributed by atoms with Crippen LogP contribution in [0.3, 0.4) is 0 Å². The van der Waals surface area contributed by atoms with Crippen molar-refractivity contribution in [2.45, 2.75) is 26.8 Å². The molecule has 0 saturated carbocycles. The third kappa shape index (κ3) is 6.27. The Morgan fingerprint density at radius 2 is 1.64 bits per heavy atom. The van der Waals surface area contributed by atoms with Gasteiger partial charge in [0, 0.05) is 0 Å². The third-order valence-corrected chi connectivity index (χ3v) is 4.97. The fraction of sp³-hybridized carbons (Fsp3) is 0.364. The first-order chi connectivity index (χ1) is 15.8. The lowest BCUT2D eigenvalue weighted by atomic mass is 10.2. The number of ether oxygens (including phenoxy) is 4. The lowest BCUT2D eigenvalue weighted by Crippen LogP contribution is -2.32. The number of Topliss-reactive ketones (excluding diaryl/α,β-unsaturated/α-hetero) is 1. The molecule has 1 amide bonds. The summed E-state index contributed by atoms with van der Waals surface area (Å²) in [7, 11) is 2.84. The van der Waals surface area contributed by atoms with Gasteiger partial charge in [-0.1, -0.05) is 23.2 Å². The Bertz CT molecular complexity index is 1050. The Kier molecular flexibility index (Phi) is 9.74. The zero-order chi connectivity index (χ0) is 24.5. The van der Waals surface area contributed by atoms with Crippen LogP contribution in [-0.2, 0) is 9.59 Å². The maximum Gasteiger partial charge on any atom is 0.258 e. The van der Waals surface area contributed by atoms with Gasteiger partial charge in [-0.15, -0.1) is 0 Å². The predicted octanol–water partition coefficient (Wildman–Crippen LogP) is 5.49. The van der Waals surface area contributed by atoms with E-state index in [0.717, 1.165) is 0 Å². The van der Waals surface area contributed by atoms with E-state index in [1.807, 2.05) is 6.92 Å². The highest BCUT2D eigenvalue weighted by atomic mass is 35.5. The van der Waals surface area contributed by atoms with Crippen LogP contribution < -0.4 is 24.3 Å². The normalized spacial score (nSPS) is 11.7. The smallest absolute Gasteiger partial charge is 0.258 e. The zero-order valence-corrected chi connectivity index (χ0v) is 20.4. The third-order valence-electron chi connectivity index (χ3n) is 4.29. The summed E-state index contributed by atoms with van der Waals surface area (Å²) in [5, 5.41) is 10.8. The van der Waals surface area contributed by atoms with Crippen molar-refractivity contribution in [1.29, 1.82) is 0 Å². The van der Waals surface area contributed by atoms with Crippen LogP contribution in [0.1, 0.15) is 20.8 Å². The van der Waals surface area contributed by atoms with E-state index in [-0.39, 0.29) is 27.2 Å². The Balaban J connectivity index is 2.37. The number of halogens is 2. The van der Waals surface area contributed by atoms with Gasteiger partial charge >= 0.3 is 0 Å². The molecule has 11 heteroatoms. The minimum Gasteiger partial charge on any atom is -0.493 e. The quantitative estimate of drug-likeness (QED) is 0.324. The average Bonchev–Trinajstić information content (AvgIpc) is 2.78. The van der Waals surface area contributed by atoms with Crippen LogP contribution in [0.5, 0.6) is 23.0 Å². The lowest BCUT2D eigenvalue weighted by molar-refractivity contribution is -0.126. The molecule has 0 bridgehead atoms. The van der Waals surface area contributed by atoms with Crippen molar-refractivity contribution in [3.8, 4) is 23.0 Å². The number of benzene rings is 2. The first-order valence-corrected chi connectivity index (χ1v) is 10.7. The van der Waals surface area contributed by atoms with Crippen molar-refractivity contribution in [2.24, 2.45) is 10.2 Å². The van der Waals surface area contributed by atoms with Crippen molar-refractivity contribution >= 4 is 46.3 Å². The number of ketones is 1. The van der Waals surface area contributed by atoms with Gasteiger partial charge < -0.3 is 24.3 Å². The molecule has 178 valence electrons. The maximum atomic E-state index is 12.9. The van der Waals surface area contributed by atoms with Crippen molar-refractivity contribution in [3.63, 3.8) is 0 Å². The van der Waals surface area contributed by atoms with Gasteiger partial charge in [-0.05, 0) is 45.0 Å². The molecule has 2 rings (SSSR count). The van der Waals surface area contributed by atoms with Crippen LogP contribution >= 0.6 is 23.2 Å². The molecule has 0 aromatic heterocycles. The fourth-order valence-corrected chi connectivity index (χ4v) is 3.25. The van der Waals surface area contributed by atoms with E-state index >= 15 is 0 Å². The summed E-state index contributed by atoms with van der Waals surface area (Å²) in [6.07, 6.45) is 0. The van der Waals surface area contributed by atoms with E-state index < -0.39 is 17.7 Å². The Morgan fingerprint density at radius 3 is 2.21 bits per heavy atom. The second-order valence-electron chi connectivity index (χ2n) is 6.47. The van der Waals surface area contributed by atoms with Crippen LogP contribution in [0.25, 0.3) is 0 Å². The number of nitrogens with zero attached hydrogens (tertiary/aromatic N) is 2.